The lowest BCUT2D eigenvalue weighted by atomic mass is 10.0. The number of alkyl halides is 3. The molecule has 1 N–H and O–H groups in total. The molecule has 0 heterocycles. The normalized spacial score (nSPS) is 13.4. The fourth-order valence-electron chi connectivity index (χ4n) is 2.26. The summed E-state index contributed by atoms with van der Waals surface area (Å²) in [5, 5.41) is 9.45. The molecule has 0 radical (unpaired) electrons. The largest absolute Gasteiger partial charge is 0.481 e. The van der Waals surface area contributed by atoms with Gasteiger partial charge in [0.25, 0.3) is 0 Å². The molecule has 1 atom stereocenters. The van der Waals surface area contributed by atoms with E-state index in [0.29, 0.717) is 23.4 Å². The average Bonchev–Trinajstić information content (AvgIpc) is 2.52. The molecule has 2 rings (SSSR count). The zero-order valence-electron chi connectivity index (χ0n) is 14.0. The molecule has 0 amide bonds. The van der Waals surface area contributed by atoms with Crippen molar-refractivity contribution in [3.63, 3.8) is 0 Å². The van der Waals surface area contributed by atoms with Crippen LogP contribution in [0.2, 0.25) is 5.02 Å². The Morgan fingerprint density at radius 3 is 2.30 bits per heavy atom. The van der Waals surface area contributed by atoms with Crippen LogP contribution in [0.5, 0.6) is 0 Å². The summed E-state index contributed by atoms with van der Waals surface area (Å²) in [7, 11) is -3.82. The number of hydrogen-bond acceptors (Lipinski definition) is 4. The van der Waals surface area contributed by atoms with Crippen molar-refractivity contribution >= 4 is 39.2 Å². The van der Waals surface area contributed by atoms with Gasteiger partial charge in [-0.25, -0.2) is 8.42 Å². The first-order valence-electron chi connectivity index (χ1n) is 7.42. The second-order valence-corrected chi connectivity index (χ2v) is 9.31. The van der Waals surface area contributed by atoms with Crippen LogP contribution < -0.4 is 0 Å². The van der Waals surface area contributed by atoms with E-state index in [9.17, 15) is 31.5 Å². The van der Waals surface area contributed by atoms with E-state index in [-0.39, 0.29) is 14.8 Å². The summed E-state index contributed by atoms with van der Waals surface area (Å²) in [4.78, 5) is 10.8. The predicted octanol–water partition coefficient (Wildman–Crippen LogP) is 5.10. The fourth-order valence-corrected chi connectivity index (χ4v) is 4.35. The van der Waals surface area contributed by atoms with Crippen molar-refractivity contribution in [3.8, 4) is 0 Å². The Balaban J connectivity index is 2.61. The lowest BCUT2D eigenvalue weighted by Gasteiger charge is -2.17. The number of rotatable bonds is 5. The zero-order chi connectivity index (χ0) is 20.6. The number of carboxylic acid groups (broad SMARTS) is 1. The Labute approximate surface area is 163 Å². The van der Waals surface area contributed by atoms with Crippen LogP contribution in [0.3, 0.4) is 0 Å². The summed E-state index contributed by atoms with van der Waals surface area (Å²) in [6.07, 6.45) is -3.97. The molecule has 146 valence electrons. The number of benzene rings is 2. The third-order valence-electron chi connectivity index (χ3n) is 3.72. The molecule has 10 heteroatoms. The Morgan fingerprint density at radius 1 is 1.15 bits per heavy atom. The van der Waals surface area contributed by atoms with E-state index in [2.05, 4.69) is 0 Å². The molecule has 1 unspecified atom stereocenters. The molecule has 2 aromatic carbocycles. The maximum Gasteiger partial charge on any atom is 0.417 e. The molecule has 0 aromatic heterocycles. The van der Waals surface area contributed by atoms with Crippen molar-refractivity contribution in [1.29, 1.82) is 0 Å². The first-order chi connectivity index (χ1) is 12.3. The monoisotopic (exact) mass is 438 g/mol. The molecule has 0 fully saturated rings. The predicted molar refractivity (Wildman–Crippen MR) is 96.2 cm³/mol. The van der Waals surface area contributed by atoms with E-state index >= 15 is 0 Å². The molecule has 0 saturated carbocycles. The Bertz CT molecular complexity index is 988. The smallest absolute Gasteiger partial charge is 0.417 e. The van der Waals surface area contributed by atoms with Crippen molar-refractivity contribution in [2.24, 2.45) is 0 Å². The highest BCUT2D eigenvalue weighted by molar-refractivity contribution is 7.99. The van der Waals surface area contributed by atoms with Gasteiger partial charge in [0, 0.05) is 21.1 Å². The van der Waals surface area contributed by atoms with Gasteiger partial charge >= 0.3 is 12.1 Å². The van der Waals surface area contributed by atoms with Gasteiger partial charge < -0.3 is 5.11 Å². The minimum absolute atomic E-state index is 0.236. The minimum atomic E-state index is -4.79. The van der Waals surface area contributed by atoms with Gasteiger partial charge in [-0.05, 0) is 42.8 Å². The molecule has 27 heavy (non-hydrogen) atoms. The van der Waals surface area contributed by atoms with E-state index in [0.717, 1.165) is 18.4 Å². The lowest BCUT2D eigenvalue weighted by Crippen LogP contribution is -2.10. The quantitative estimate of drug-likeness (QED) is 0.703. The highest BCUT2D eigenvalue weighted by atomic mass is 35.5. The van der Waals surface area contributed by atoms with E-state index in [4.69, 9.17) is 11.6 Å². The lowest BCUT2D eigenvalue weighted by molar-refractivity contribution is -0.140. The molecule has 0 saturated heterocycles. The van der Waals surface area contributed by atoms with Crippen molar-refractivity contribution < 1.29 is 31.5 Å². The highest BCUT2D eigenvalue weighted by Crippen LogP contribution is 2.43. The van der Waals surface area contributed by atoms with Gasteiger partial charge in [-0.3, -0.25) is 4.79 Å². The van der Waals surface area contributed by atoms with Gasteiger partial charge in [0.15, 0.2) is 9.84 Å². The van der Waals surface area contributed by atoms with Gasteiger partial charge in [-0.15, -0.1) is 0 Å². The van der Waals surface area contributed by atoms with Crippen molar-refractivity contribution in [1.82, 2.24) is 0 Å². The average molecular weight is 439 g/mol. The Morgan fingerprint density at radius 2 is 1.78 bits per heavy atom. The maximum absolute atomic E-state index is 13.5. The van der Waals surface area contributed by atoms with Crippen LogP contribution in [0.4, 0.5) is 13.2 Å². The van der Waals surface area contributed by atoms with Crippen LogP contribution in [-0.2, 0) is 20.8 Å². The summed E-state index contributed by atoms with van der Waals surface area (Å²) in [5.74, 6) is -2.10. The summed E-state index contributed by atoms with van der Waals surface area (Å²) < 4.78 is 63.5. The van der Waals surface area contributed by atoms with E-state index in [1.807, 2.05) is 0 Å². The first-order valence-corrected chi connectivity index (χ1v) is 10.5. The molecule has 4 nitrogen and oxygen atoms in total. The number of carbonyl (C=O) groups is 1. The molecule has 0 bridgehead atoms. The van der Waals surface area contributed by atoms with Crippen LogP contribution in [-0.4, -0.2) is 25.7 Å². The second-order valence-electron chi connectivity index (χ2n) is 5.77. The van der Waals surface area contributed by atoms with Crippen LogP contribution in [0.15, 0.2) is 51.1 Å². The third-order valence-corrected chi connectivity index (χ3v) is 6.21. The zero-order valence-corrected chi connectivity index (χ0v) is 16.4. The topological polar surface area (TPSA) is 71.4 Å². The Kier molecular flexibility index (Phi) is 6.18. The molecule has 2 aromatic rings. The summed E-state index contributed by atoms with van der Waals surface area (Å²) in [5.41, 5.74) is -0.818. The molecular formula is C17H14ClF3O4S2. The molecule has 0 aliphatic rings. The van der Waals surface area contributed by atoms with E-state index in [1.165, 1.54) is 25.1 Å². The number of carboxylic acids is 1. The standard InChI is InChI=1S/C17H14ClF3O4S2/c1-9(16(22)23)12-5-3-10(18)7-15(12)26-14-6-4-11(27(2,24)25)8-13(14)17(19,20)21/h3-9H,1-2H3,(H,22,23). The number of hydrogen-bond donors (Lipinski definition) is 1. The molecule has 0 aliphatic heterocycles. The van der Waals surface area contributed by atoms with Crippen LogP contribution in [0.25, 0.3) is 0 Å². The van der Waals surface area contributed by atoms with Gasteiger partial charge in [0.1, 0.15) is 0 Å². The number of aliphatic carboxylic acids is 1. The van der Waals surface area contributed by atoms with Crippen LogP contribution in [0.1, 0.15) is 24.0 Å². The van der Waals surface area contributed by atoms with Crippen molar-refractivity contribution in [2.75, 3.05) is 6.26 Å². The van der Waals surface area contributed by atoms with Crippen LogP contribution in [0, 0.1) is 0 Å². The molecule has 0 spiro atoms. The third kappa shape index (κ3) is 5.18. The van der Waals surface area contributed by atoms with Gasteiger partial charge in [-0.1, -0.05) is 29.4 Å². The van der Waals surface area contributed by atoms with Crippen molar-refractivity contribution in [2.45, 2.75) is 33.7 Å². The Hall–Kier alpha value is -1.71. The SMILES string of the molecule is CC(C(=O)O)c1ccc(Cl)cc1Sc1ccc(S(C)(=O)=O)cc1C(F)(F)F. The fraction of sp³-hybridized carbons (Fsp3) is 0.235. The summed E-state index contributed by atoms with van der Waals surface area (Å²) >= 11 is 6.60. The van der Waals surface area contributed by atoms with Gasteiger partial charge in [0.2, 0.25) is 0 Å². The second kappa shape index (κ2) is 7.73. The maximum atomic E-state index is 13.5. The number of halogens is 4. The molecular weight excluding hydrogens is 425 g/mol. The van der Waals surface area contributed by atoms with E-state index < -0.39 is 38.4 Å². The first kappa shape index (κ1) is 21.6. The van der Waals surface area contributed by atoms with Gasteiger partial charge in [-0.2, -0.15) is 13.2 Å². The number of sulfone groups is 1. The summed E-state index contributed by atoms with van der Waals surface area (Å²) in [6, 6.07) is 6.99. The minimum Gasteiger partial charge on any atom is -0.481 e. The summed E-state index contributed by atoms with van der Waals surface area (Å²) in [6.45, 7) is 1.41. The van der Waals surface area contributed by atoms with Crippen LogP contribution >= 0.6 is 23.4 Å². The molecule has 0 aliphatic carbocycles. The van der Waals surface area contributed by atoms with E-state index in [1.54, 1.807) is 0 Å². The highest BCUT2D eigenvalue weighted by Gasteiger charge is 2.35. The van der Waals surface area contributed by atoms with Crippen molar-refractivity contribution in [3.05, 3.63) is 52.5 Å². The van der Waals surface area contributed by atoms with Gasteiger partial charge in [0.05, 0.1) is 16.4 Å².